The van der Waals surface area contributed by atoms with E-state index in [0.29, 0.717) is 11.6 Å². The molecule has 3 aromatic rings. The average molecular weight is 323 g/mol. The Balaban J connectivity index is 1.93. The SMILES string of the molecule is Cc1nc(Nc2ccc([N+](=O)[O-])cc2O)nc(-c2ccccc2)n1. The van der Waals surface area contributed by atoms with Gasteiger partial charge in [0.2, 0.25) is 5.95 Å². The van der Waals surface area contributed by atoms with Gasteiger partial charge in [0.25, 0.3) is 5.69 Å². The second kappa shape index (κ2) is 6.29. The van der Waals surface area contributed by atoms with E-state index in [1.54, 1.807) is 6.92 Å². The summed E-state index contributed by atoms with van der Waals surface area (Å²) in [6.07, 6.45) is 0. The Hall–Kier alpha value is -3.55. The van der Waals surface area contributed by atoms with Gasteiger partial charge in [-0.15, -0.1) is 0 Å². The molecule has 1 heterocycles. The Morgan fingerprint density at radius 3 is 2.50 bits per heavy atom. The highest BCUT2D eigenvalue weighted by atomic mass is 16.6. The number of benzene rings is 2. The van der Waals surface area contributed by atoms with Crippen LogP contribution < -0.4 is 5.32 Å². The normalized spacial score (nSPS) is 10.4. The van der Waals surface area contributed by atoms with Crippen LogP contribution in [0.3, 0.4) is 0 Å². The first kappa shape index (κ1) is 15.3. The molecule has 0 saturated carbocycles. The van der Waals surface area contributed by atoms with Gasteiger partial charge in [0.1, 0.15) is 11.6 Å². The third-order valence-electron chi connectivity index (χ3n) is 3.22. The van der Waals surface area contributed by atoms with Crippen LogP contribution in [-0.2, 0) is 0 Å². The Morgan fingerprint density at radius 2 is 1.83 bits per heavy atom. The second-order valence-corrected chi connectivity index (χ2v) is 4.98. The monoisotopic (exact) mass is 323 g/mol. The van der Waals surface area contributed by atoms with Crippen LogP contribution >= 0.6 is 0 Å². The maximum Gasteiger partial charge on any atom is 0.273 e. The summed E-state index contributed by atoms with van der Waals surface area (Å²) in [7, 11) is 0. The van der Waals surface area contributed by atoms with Crippen LogP contribution in [0.2, 0.25) is 0 Å². The molecule has 8 nitrogen and oxygen atoms in total. The molecule has 0 aliphatic carbocycles. The lowest BCUT2D eigenvalue weighted by Gasteiger charge is -2.09. The van der Waals surface area contributed by atoms with Crippen molar-refractivity contribution in [1.82, 2.24) is 15.0 Å². The van der Waals surface area contributed by atoms with E-state index in [1.165, 1.54) is 12.1 Å². The van der Waals surface area contributed by atoms with E-state index in [0.717, 1.165) is 11.6 Å². The molecule has 0 aliphatic rings. The molecular weight excluding hydrogens is 310 g/mol. The highest BCUT2D eigenvalue weighted by molar-refractivity contribution is 5.66. The molecule has 2 N–H and O–H groups in total. The van der Waals surface area contributed by atoms with E-state index >= 15 is 0 Å². The van der Waals surface area contributed by atoms with Crippen LogP contribution in [0.1, 0.15) is 5.82 Å². The molecule has 24 heavy (non-hydrogen) atoms. The Labute approximate surface area is 137 Å². The number of non-ortho nitro benzene ring substituents is 1. The zero-order chi connectivity index (χ0) is 17.1. The number of aromatic nitrogens is 3. The van der Waals surface area contributed by atoms with Crippen LogP contribution in [0.15, 0.2) is 48.5 Å². The number of aryl methyl sites for hydroxylation is 1. The van der Waals surface area contributed by atoms with Crippen molar-refractivity contribution in [3.8, 4) is 17.1 Å². The van der Waals surface area contributed by atoms with Crippen molar-refractivity contribution in [3.63, 3.8) is 0 Å². The molecule has 0 fully saturated rings. The minimum absolute atomic E-state index is 0.199. The summed E-state index contributed by atoms with van der Waals surface area (Å²) in [5, 5.41) is 23.5. The fraction of sp³-hybridized carbons (Fsp3) is 0.0625. The van der Waals surface area contributed by atoms with Gasteiger partial charge in [-0.25, -0.2) is 4.98 Å². The van der Waals surface area contributed by atoms with Crippen LogP contribution in [0.25, 0.3) is 11.4 Å². The van der Waals surface area contributed by atoms with Gasteiger partial charge in [0.15, 0.2) is 5.82 Å². The van der Waals surface area contributed by atoms with Crippen LogP contribution in [0, 0.1) is 17.0 Å². The number of aromatic hydroxyl groups is 1. The summed E-state index contributed by atoms with van der Waals surface area (Å²) in [5.74, 6) is 0.980. The Morgan fingerprint density at radius 1 is 1.08 bits per heavy atom. The lowest BCUT2D eigenvalue weighted by molar-refractivity contribution is -0.384. The van der Waals surface area contributed by atoms with E-state index in [-0.39, 0.29) is 23.1 Å². The van der Waals surface area contributed by atoms with Crippen molar-refractivity contribution in [2.45, 2.75) is 6.92 Å². The molecule has 120 valence electrons. The number of nitrogens with zero attached hydrogens (tertiary/aromatic N) is 4. The number of nitrogens with one attached hydrogen (secondary N) is 1. The van der Waals surface area contributed by atoms with E-state index in [2.05, 4.69) is 20.3 Å². The lowest BCUT2D eigenvalue weighted by atomic mass is 10.2. The number of phenolic OH excluding ortho intramolecular Hbond substituents is 1. The average Bonchev–Trinajstić information content (AvgIpc) is 2.57. The molecule has 3 rings (SSSR count). The molecule has 1 aromatic heterocycles. The molecule has 0 radical (unpaired) electrons. The molecule has 0 spiro atoms. The summed E-state index contributed by atoms with van der Waals surface area (Å²) in [4.78, 5) is 22.9. The Bertz CT molecular complexity index is 899. The third kappa shape index (κ3) is 3.27. The summed E-state index contributed by atoms with van der Waals surface area (Å²) in [5.41, 5.74) is 0.902. The molecule has 0 unspecified atom stereocenters. The van der Waals surface area contributed by atoms with Crippen molar-refractivity contribution in [3.05, 3.63) is 64.5 Å². The predicted molar refractivity (Wildman–Crippen MR) is 88.0 cm³/mol. The van der Waals surface area contributed by atoms with Crippen molar-refractivity contribution in [2.24, 2.45) is 0 Å². The minimum Gasteiger partial charge on any atom is -0.506 e. The maximum absolute atomic E-state index is 10.7. The topological polar surface area (TPSA) is 114 Å². The summed E-state index contributed by atoms with van der Waals surface area (Å²) in [6, 6.07) is 13.2. The quantitative estimate of drug-likeness (QED) is 0.430. The number of nitro benzene ring substituents is 1. The van der Waals surface area contributed by atoms with Gasteiger partial charge in [-0.3, -0.25) is 10.1 Å². The molecule has 0 bridgehead atoms. The first-order chi connectivity index (χ1) is 11.5. The van der Waals surface area contributed by atoms with Crippen molar-refractivity contribution in [1.29, 1.82) is 0 Å². The van der Waals surface area contributed by atoms with E-state index < -0.39 is 4.92 Å². The van der Waals surface area contributed by atoms with Gasteiger partial charge < -0.3 is 10.4 Å². The highest BCUT2D eigenvalue weighted by Gasteiger charge is 2.12. The number of hydrogen-bond donors (Lipinski definition) is 2. The third-order valence-corrected chi connectivity index (χ3v) is 3.22. The molecule has 0 atom stereocenters. The zero-order valence-electron chi connectivity index (χ0n) is 12.7. The van der Waals surface area contributed by atoms with E-state index in [9.17, 15) is 15.2 Å². The number of phenols is 1. The standard InChI is InChI=1S/C16H13N5O3/c1-10-17-15(11-5-3-2-4-6-11)20-16(18-10)19-13-8-7-12(21(23)24)9-14(13)22/h2-9,22H,1H3,(H,17,18,19,20). The summed E-state index contributed by atoms with van der Waals surface area (Å²) >= 11 is 0. The summed E-state index contributed by atoms with van der Waals surface area (Å²) < 4.78 is 0. The largest absolute Gasteiger partial charge is 0.506 e. The van der Waals surface area contributed by atoms with E-state index in [4.69, 9.17) is 0 Å². The molecule has 0 aliphatic heterocycles. The minimum atomic E-state index is -0.579. The number of hydrogen-bond acceptors (Lipinski definition) is 7. The molecule has 0 saturated heterocycles. The fourth-order valence-electron chi connectivity index (χ4n) is 2.11. The predicted octanol–water partition coefficient (Wildman–Crippen LogP) is 3.20. The maximum atomic E-state index is 10.7. The molecule has 0 amide bonds. The van der Waals surface area contributed by atoms with Crippen LogP contribution in [0.4, 0.5) is 17.3 Å². The number of anilines is 2. The van der Waals surface area contributed by atoms with Crippen molar-refractivity contribution in [2.75, 3.05) is 5.32 Å². The number of rotatable bonds is 4. The van der Waals surface area contributed by atoms with E-state index in [1.807, 2.05) is 30.3 Å². The van der Waals surface area contributed by atoms with Crippen molar-refractivity contribution >= 4 is 17.3 Å². The van der Waals surface area contributed by atoms with Gasteiger partial charge in [-0.1, -0.05) is 30.3 Å². The fourth-order valence-corrected chi connectivity index (χ4v) is 2.11. The van der Waals surface area contributed by atoms with Gasteiger partial charge in [-0.05, 0) is 13.0 Å². The van der Waals surface area contributed by atoms with Gasteiger partial charge in [0, 0.05) is 11.6 Å². The lowest BCUT2D eigenvalue weighted by Crippen LogP contribution is -2.03. The zero-order valence-corrected chi connectivity index (χ0v) is 12.7. The molecule has 8 heteroatoms. The van der Waals surface area contributed by atoms with Gasteiger partial charge in [-0.2, -0.15) is 9.97 Å². The van der Waals surface area contributed by atoms with Gasteiger partial charge >= 0.3 is 0 Å². The summed E-state index contributed by atoms with van der Waals surface area (Å²) in [6.45, 7) is 1.73. The molecular formula is C16H13N5O3. The first-order valence-corrected chi connectivity index (χ1v) is 7.05. The molecule has 2 aromatic carbocycles. The van der Waals surface area contributed by atoms with Gasteiger partial charge in [0.05, 0.1) is 16.7 Å². The van der Waals surface area contributed by atoms with Crippen LogP contribution in [0.5, 0.6) is 5.75 Å². The second-order valence-electron chi connectivity index (χ2n) is 4.98. The smallest absolute Gasteiger partial charge is 0.273 e. The van der Waals surface area contributed by atoms with Crippen molar-refractivity contribution < 1.29 is 10.0 Å². The first-order valence-electron chi connectivity index (χ1n) is 7.05. The van der Waals surface area contributed by atoms with Crippen LogP contribution in [-0.4, -0.2) is 25.0 Å². The Kier molecular flexibility index (Phi) is 4.02. The highest BCUT2D eigenvalue weighted by Crippen LogP contribution is 2.29. The number of nitro groups is 1.